The van der Waals surface area contributed by atoms with Crippen LogP contribution >= 0.6 is 0 Å². The monoisotopic (exact) mass is 390 g/mol. The molecule has 0 aromatic heterocycles. The zero-order valence-corrected chi connectivity index (χ0v) is 17.6. The highest BCUT2D eigenvalue weighted by Crippen LogP contribution is 2.23. The third kappa shape index (κ3) is 5.16. The summed E-state index contributed by atoms with van der Waals surface area (Å²) in [7, 11) is 7.73. The number of morpholine rings is 1. The highest BCUT2D eigenvalue weighted by Gasteiger charge is 2.32. The molecule has 3 atom stereocenters. The number of rotatable bonds is 6. The maximum atomic E-state index is 5.97. The molecular weight excluding hydrogens is 356 g/mol. The van der Waals surface area contributed by atoms with Gasteiger partial charge in [0.15, 0.2) is 5.96 Å². The van der Waals surface area contributed by atoms with Crippen molar-refractivity contribution in [2.75, 3.05) is 61.1 Å². The van der Waals surface area contributed by atoms with E-state index in [1.807, 2.05) is 19.2 Å². The predicted octanol–water partition coefficient (Wildman–Crippen LogP) is 1.75. The summed E-state index contributed by atoms with van der Waals surface area (Å²) in [5.41, 5.74) is 1.21. The van der Waals surface area contributed by atoms with Crippen molar-refractivity contribution in [2.45, 2.75) is 31.1 Å². The number of methoxy groups -OCH3 is 1. The lowest BCUT2D eigenvalue weighted by Gasteiger charge is -2.37. The number of ether oxygens (including phenoxy) is 3. The van der Waals surface area contributed by atoms with Gasteiger partial charge in [-0.25, -0.2) is 0 Å². The fraction of sp³-hybridized carbons (Fsp3) is 0.667. The van der Waals surface area contributed by atoms with E-state index < -0.39 is 0 Å². The number of hydrogen-bond donors (Lipinski definition) is 1. The number of benzene rings is 1. The van der Waals surface area contributed by atoms with E-state index in [1.165, 1.54) is 5.56 Å². The minimum Gasteiger partial charge on any atom is -0.497 e. The van der Waals surface area contributed by atoms with Gasteiger partial charge in [0.2, 0.25) is 0 Å². The van der Waals surface area contributed by atoms with Crippen molar-refractivity contribution in [3.63, 3.8) is 0 Å². The molecule has 2 fully saturated rings. The van der Waals surface area contributed by atoms with Crippen molar-refractivity contribution in [3.8, 4) is 5.75 Å². The number of aliphatic imine (C=N–C) groups is 1. The van der Waals surface area contributed by atoms with Gasteiger partial charge in [0, 0.05) is 33.3 Å². The van der Waals surface area contributed by atoms with Gasteiger partial charge >= 0.3 is 0 Å². The summed E-state index contributed by atoms with van der Waals surface area (Å²) in [4.78, 5) is 9.02. The molecule has 0 bridgehead atoms. The maximum Gasteiger partial charge on any atom is 0.193 e. The molecule has 1 N–H and O–H groups in total. The van der Waals surface area contributed by atoms with E-state index in [-0.39, 0.29) is 18.2 Å². The molecule has 2 aliphatic rings. The van der Waals surface area contributed by atoms with Gasteiger partial charge < -0.3 is 29.3 Å². The molecule has 0 radical (unpaired) electrons. The first-order valence-electron chi connectivity index (χ1n) is 10.1. The standard InChI is InChI=1S/C21H34N4O3/c1-22-21(25-10-12-28-20(15-25)19-9-6-11-27-19)23-14-18(24(2)3)16-7-5-8-17(13-16)26-4/h5,7-8,13,18-20H,6,9-12,14-15H2,1-4H3,(H,22,23). The van der Waals surface area contributed by atoms with Crippen LogP contribution in [-0.4, -0.2) is 89.1 Å². The Morgan fingerprint density at radius 3 is 2.82 bits per heavy atom. The Morgan fingerprint density at radius 1 is 1.32 bits per heavy atom. The van der Waals surface area contributed by atoms with Gasteiger partial charge in [-0.05, 0) is 44.6 Å². The molecule has 0 saturated carbocycles. The van der Waals surface area contributed by atoms with Crippen LogP contribution in [0.15, 0.2) is 29.3 Å². The smallest absolute Gasteiger partial charge is 0.193 e. The Balaban J connectivity index is 1.62. The van der Waals surface area contributed by atoms with Gasteiger partial charge in [-0.1, -0.05) is 12.1 Å². The van der Waals surface area contributed by atoms with E-state index in [9.17, 15) is 0 Å². The van der Waals surface area contributed by atoms with Gasteiger partial charge in [0.1, 0.15) is 11.9 Å². The highest BCUT2D eigenvalue weighted by atomic mass is 16.5. The lowest BCUT2D eigenvalue weighted by molar-refractivity contribution is -0.0817. The molecule has 1 aromatic carbocycles. The SMILES string of the molecule is CN=C(NCC(c1cccc(OC)c1)N(C)C)N1CCOC(C2CCCO2)C1. The first kappa shape index (κ1) is 20.9. The molecule has 3 unspecified atom stereocenters. The number of hydrogen-bond acceptors (Lipinski definition) is 5. The normalized spacial score (nSPS) is 24.5. The van der Waals surface area contributed by atoms with Crippen molar-refractivity contribution in [3.05, 3.63) is 29.8 Å². The second kappa shape index (κ2) is 10.1. The summed E-state index contributed by atoms with van der Waals surface area (Å²) in [6.07, 6.45) is 2.55. The van der Waals surface area contributed by atoms with Gasteiger partial charge in [-0.3, -0.25) is 4.99 Å². The third-order valence-electron chi connectivity index (χ3n) is 5.54. The molecule has 2 heterocycles. The topological polar surface area (TPSA) is 58.6 Å². The summed E-state index contributed by atoms with van der Waals surface area (Å²) in [6, 6.07) is 8.45. The molecule has 2 saturated heterocycles. The number of nitrogens with one attached hydrogen (secondary N) is 1. The lowest BCUT2D eigenvalue weighted by atomic mass is 10.1. The first-order valence-corrected chi connectivity index (χ1v) is 10.1. The molecule has 0 spiro atoms. The van der Waals surface area contributed by atoms with Crippen molar-refractivity contribution in [2.24, 2.45) is 4.99 Å². The molecule has 28 heavy (non-hydrogen) atoms. The van der Waals surface area contributed by atoms with Crippen LogP contribution in [0.4, 0.5) is 0 Å². The zero-order valence-electron chi connectivity index (χ0n) is 17.6. The Kier molecular flexibility index (Phi) is 7.53. The van der Waals surface area contributed by atoms with Crippen molar-refractivity contribution in [1.82, 2.24) is 15.1 Å². The fourth-order valence-electron chi connectivity index (χ4n) is 3.96. The number of nitrogens with zero attached hydrogens (tertiary/aromatic N) is 3. The summed E-state index contributed by atoms with van der Waals surface area (Å²) in [6.45, 7) is 3.97. The minimum absolute atomic E-state index is 0.123. The van der Waals surface area contributed by atoms with E-state index in [0.29, 0.717) is 6.61 Å². The molecule has 7 nitrogen and oxygen atoms in total. The van der Waals surface area contributed by atoms with Crippen molar-refractivity contribution in [1.29, 1.82) is 0 Å². The van der Waals surface area contributed by atoms with Crippen LogP contribution in [0.25, 0.3) is 0 Å². The molecule has 156 valence electrons. The van der Waals surface area contributed by atoms with E-state index in [0.717, 1.165) is 50.8 Å². The number of guanidine groups is 1. The van der Waals surface area contributed by atoms with Gasteiger partial charge in [-0.15, -0.1) is 0 Å². The Labute approximate surface area is 168 Å². The number of likely N-dealkylation sites (N-methyl/N-ethyl adjacent to an activating group) is 1. The van der Waals surface area contributed by atoms with Crippen LogP contribution in [0.3, 0.4) is 0 Å². The quantitative estimate of drug-likeness (QED) is 0.590. The third-order valence-corrected chi connectivity index (χ3v) is 5.54. The van der Waals surface area contributed by atoms with Crippen LogP contribution in [-0.2, 0) is 9.47 Å². The predicted molar refractivity (Wildman–Crippen MR) is 111 cm³/mol. The van der Waals surface area contributed by atoms with Crippen molar-refractivity contribution < 1.29 is 14.2 Å². The van der Waals surface area contributed by atoms with Gasteiger partial charge in [-0.2, -0.15) is 0 Å². The Morgan fingerprint density at radius 2 is 2.14 bits per heavy atom. The lowest BCUT2D eigenvalue weighted by Crippen LogP contribution is -2.54. The van der Waals surface area contributed by atoms with E-state index in [2.05, 4.69) is 46.3 Å². The molecular formula is C21H34N4O3. The fourth-order valence-corrected chi connectivity index (χ4v) is 3.96. The summed E-state index contributed by atoms with van der Waals surface area (Å²) >= 11 is 0. The average molecular weight is 391 g/mol. The zero-order chi connectivity index (χ0) is 19.9. The molecule has 1 aromatic rings. The van der Waals surface area contributed by atoms with E-state index >= 15 is 0 Å². The molecule has 0 amide bonds. The van der Waals surface area contributed by atoms with Crippen LogP contribution in [0.1, 0.15) is 24.4 Å². The largest absolute Gasteiger partial charge is 0.497 e. The summed E-state index contributed by atoms with van der Waals surface area (Å²) < 4.78 is 17.2. The Bertz CT molecular complexity index is 646. The highest BCUT2D eigenvalue weighted by molar-refractivity contribution is 5.80. The summed E-state index contributed by atoms with van der Waals surface area (Å²) in [5.74, 6) is 1.79. The van der Waals surface area contributed by atoms with Gasteiger partial charge in [0.05, 0.1) is 25.9 Å². The van der Waals surface area contributed by atoms with Crippen LogP contribution in [0.2, 0.25) is 0 Å². The second-order valence-corrected chi connectivity index (χ2v) is 7.59. The van der Waals surface area contributed by atoms with Crippen molar-refractivity contribution >= 4 is 5.96 Å². The average Bonchev–Trinajstić information content (AvgIpc) is 3.26. The molecule has 0 aliphatic carbocycles. The first-order chi connectivity index (χ1) is 13.6. The maximum absolute atomic E-state index is 5.97. The van der Waals surface area contributed by atoms with E-state index in [1.54, 1.807) is 7.11 Å². The van der Waals surface area contributed by atoms with Crippen LogP contribution in [0, 0.1) is 0 Å². The summed E-state index contributed by atoms with van der Waals surface area (Å²) in [5, 5.41) is 3.56. The van der Waals surface area contributed by atoms with Crippen LogP contribution in [0.5, 0.6) is 5.75 Å². The van der Waals surface area contributed by atoms with Crippen LogP contribution < -0.4 is 10.1 Å². The van der Waals surface area contributed by atoms with E-state index in [4.69, 9.17) is 14.2 Å². The second-order valence-electron chi connectivity index (χ2n) is 7.59. The van der Waals surface area contributed by atoms with Gasteiger partial charge in [0.25, 0.3) is 0 Å². The minimum atomic E-state index is 0.123. The molecule has 2 aliphatic heterocycles. The molecule has 7 heteroatoms. The Hall–Kier alpha value is -1.83. The molecule has 3 rings (SSSR count).